The zero-order chi connectivity index (χ0) is 13.8. The van der Waals surface area contributed by atoms with Crippen molar-refractivity contribution in [1.82, 2.24) is 9.78 Å². The van der Waals surface area contributed by atoms with Gasteiger partial charge < -0.3 is 5.73 Å². The molecule has 2 N–H and O–H groups in total. The summed E-state index contributed by atoms with van der Waals surface area (Å²) >= 11 is 0. The first-order valence-electron chi connectivity index (χ1n) is 7.69. The van der Waals surface area contributed by atoms with Gasteiger partial charge >= 0.3 is 0 Å². The van der Waals surface area contributed by atoms with E-state index in [9.17, 15) is 0 Å². The number of hydrogen-bond donors (Lipinski definition) is 1. The molecule has 20 heavy (non-hydrogen) atoms. The van der Waals surface area contributed by atoms with E-state index in [1.54, 1.807) is 0 Å². The van der Waals surface area contributed by atoms with Crippen molar-refractivity contribution in [3.63, 3.8) is 0 Å². The van der Waals surface area contributed by atoms with E-state index in [-0.39, 0.29) is 0 Å². The number of nitrogen functional groups attached to an aromatic ring is 1. The van der Waals surface area contributed by atoms with E-state index < -0.39 is 0 Å². The Bertz CT molecular complexity index is 539. The van der Waals surface area contributed by atoms with Crippen LogP contribution in [0.5, 0.6) is 0 Å². The zero-order valence-electron chi connectivity index (χ0n) is 12.0. The molecule has 0 amide bonds. The smallest absolute Gasteiger partial charge is 0.0884 e. The number of nitrogens with two attached hydrogens (primary N) is 1. The molecule has 3 nitrogen and oxygen atoms in total. The maximum atomic E-state index is 6.12. The average molecular weight is 269 g/mol. The predicted molar refractivity (Wildman–Crippen MR) is 82.6 cm³/mol. The minimum absolute atomic E-state index is 0.602. The molecular weight excluding hydrogens is 246 g/mol. The summed E-state index contributed by atoms with van der Waals surface area (Å²) in [5, 5.41) is 4.71. The van der Waals surface area contributed by atoms with Gasteiger partial charge in [0.1, 0.15) is 0 Å². The molecular formula is C17H23N3. The highest BCUT2D eigenvalue weighted by Gasteiger charge is 2.22. The molecule has 0 bridgehead atoms. The number of aryl methyl sites for hydroxylation is 2. The molecule has 0 spiro atoms. The van der Waals surface area contributed by atoms with Gasteiger partial charge in [0.2, 0.25) is 0 Å². The van der Waals surface area contributed by atoms with E-state index in [2.05, 4.69) is 30.3 Å². The van der Waals surface area contributed by atoms with Crippen molar-refractivity contribution in [2.45, 2.75) is 51.0 Å². The van der Waals surface area contributed by atoms with E-state index in [1.165, 1.54) is 31.2 Å². The molecule has 1 aromatic carbocycles. The van der Waals surface area contributed by atoms with Gasteiger partial charge in [0, 0.05) is 18.7 Å². The Labute approximate surface area is 120 Å². The molecule has 0 radical (unpaired) electrons. The van der Waals surface area contributed by atoms with Gasteiger partial charge in [0.25, 0.3) is 0 Å². The number of hydrogen-bond acceptors (Lipinski definition) is 2. The summed E-state index contributed by atoms with van der Waals surface area (Å²) in [4.78, 5) is 0. The van der Waals surface area contributed by atoms with Crippen LogP contribution in [0.25, 0.3) is 0 Å². The van der Waals surface area contributed by atoms with Gasteiger partial charge in [0.05, 0.1) is 11.4 Å². The van der Waals surface area contributed by atoms with Crippen LogP contribution in [0.3, 0.4) is 0 Å². The molecule has 1 saturated carbocycles. The third kappa shape index (κ3) is 3.03. The number of aromatic nitrogens is 2. The molecule has 1 aromatic heterocycles. The fraction of sp³-hybridized carbons (Fsp3) is 0.471. The molecule has 1 aliphatic rings. The van der Waals surface area contributed by atoms with E-state index >= 15 is 0 Å². The van der Waals surface area contributed by atoms with Crippen LogP contribution in [0.2, 0.25) is 0 Å². The Morgan fingerprint density at radius 1 is 1.15 bits per heavy atom. The Balaban J connectivity index is 1.56. The van der Waals surface area contributed by atoms with Gasteiger partial charge in [-0.3, -0.25) is 4.68 Å². The molecule has 0 unspecified atom stereocenters. The molecule has 1 fully saturated rings. The predicted octanol–water partition coefficient (Wildman–Crippen LogP) is 3.76. The topological polar surface area (TPSA) is 43.8 Å². The Kier molecular flexibility index (Phi) is 4.05. The average Bonchev–Trinajstić information content (AvgIpc) is 3.09. The van der Waals surface area contributed by atoms with Crippen LogP contribution in [0.1, 0.15) is 49.3 Å². The van der Waals surface area contributed by atoms with Gasteiger partial charge in [0.15, 0.2) is 0 Å². The first-order valence-corrected chi connectivity index (χ1v) is 7.69. The van der Waals surface area contributed by atoms with Crippen LogP contribution in [0.15, 0.2) is 36.5 Å². The lowest BCUT2D eigenvalue weighted by atomic mass is 10.0. The Hall–Kier alpha value is -1.77. The highest BCUT2D eigenvalue weighted by Crippen LogP contribution is 2.35. The number of benzene rings is 1. The molecule has 2 aromatic rings. The molecule has 0 saturated heterocycles. The van der Waals surface area contributed by atoms with Crippen molar-refractivity contribution in [3.05, 3.63) is 47.8 Å². The quantitative estimate of drug-likeness (QED) is 0.898. The number of rotatable bonds is 5. The summed E-state index contributed by atoms with van der Waals surface area (Å²) in [6.07, 6.45) is 9.37. The second-order valence-electron chi connectivity index (χ2n) is 5.80. The van der Waals surface area contributed by atoms with Crippen LogP contribution in [-0.4, -0.2) is 9.78 Å². The van der Waals surface area contributed by atoms with E-state index in [4.69, 9.17) is 10.8 Å². The first kappa shape index (κ1) is 13.2. The summed E-state index contributed by atoms with van der Waals surface area (Å²) in [7, 11) is 0. The third-order valence-corrected chi connectivity index (χ3v) is 4.26. The monoisotopic (exact) mass is 269 g/mol. The zero-order valence-corrected chi connectivity index (χ0v) is 12.0. The van der Waals surface area contributed by atoms with Crippen LogP contribution in [0.4, 0.5) is 5.69 Å². The summed E-state index contributed by atoms with van der Waals surface area (Å²) in [5.41, 5.74) is 9.54. The fourth-order valence-corrected chi connectivity index (χ4v) is 3.17. The maximum Gasteiger partial charge on any atom is 0.0884 e. The summed E-state index contributed by atoms with van der Waals surface area (Å²) in [6.45, 7) is 0.950. The van der Waals surface area contributed by atoms with Crippen molar-refractivity contribution in [2.75, 3.05) is 5.73 Å². The fourth-order valence-electron chi connectivity index (χ4n) is 3.17. The van der Waals surface area contributed by atoms with Crippen LogP contribution < -0.4 is 5.73 Å². The van der Waals surface area contributed by atoms with Crippen molar-refractivity contribution in [2.24, 2.45) is 0 Å². The molecule has 1 aliphatic carbocycles. The van der Waals surface area contributed by atoms with Gasteiger partial charge in [-0.2, -0.15) is 5.10 Å². The molecule has 0 atom stereocenters. The highest BCUT2D eigenvalue weighted by molar-refractivity contribution is 5.43. The second kappa shape index (κ2) is 6.12. The lowest BCUT2D eigenvalue weighted by Gasteiger charge is -2.06. The molecule has 1 heterocycles. The number of anilines is 1. The third-order valence-electron chi connectivity index (χ3n) is 4.26. The maximum absolute atomic E-state index is 6.12. The van der Waals surface area contributed by atoms with Crippen molar-refractivity contribution >= 4 is 5.69 Å². The van der Waals surface area contributed by atoms with Gasteiger partial charge in [-0.1, -0.05) is 43.2 Å². The standard InChI is InChI=1S/C17H23N3/c18-16-13-20(19-17(16)15-10-4-5-11-15)12-6-9-14-7-2-1-3-8-14/h1-3,7-8,13,15H,4-6,9-12,18H2. The highest BCUT2D eigenvalue weighted by atomic mass is 15.3. The van der Waals surface area contributed by atoms with E-state index in [1.807, 2.05) is 10.9 Å². The molecule has 3 heteroatoms. The molecule has 106 valence electrons. The van der Waals surface area contributed by atoms with Crippen molar-refractivity contribution < 1.29 is 0 Å². The van der Waals surface area contributed by atoms with Crippen LogP contribution in [0, 0.1) is 0 Å². The lowest BCUT2D eigenvalue weighted by Crippen LogP contribution is -2.02. The Morgan fingerprint density at radius 3 is 2.65 bits per heavy atom. The first-order chi connectivity index (χ1) is 9.83. The minimum atomic E-state index is 0.602. The normalized spacial score (nSPS) is 15.8. The van der Waals surface area contributed by atoms with Gasteiger partial charge in [-0.25, -0.2) is 0 Å². The Morgan fingerprint density at radius 2 is 1.90 bits per heavy atom. The largest absolute Gasteiger partial charge is 0.396 e. The van der Waals surface area contributed by atoms with Crippen LogP contribution in [-0.2, 0) is 13.0 Å². The van der Waals surface area contributed by atoms with E-state index in [0.717, 1.165) is 30.8 Å². The summed E-state index contributed by atoms with van der Waals surface area (Å²) < 4.78 is 2.03. The minimum Gasteiger partial charge on any atom is -0.396 e. The molecule has 0 aliphatic heterocycles. The summed E-state index contributed by atoms with van der Waals surface area (Å²) in [5.74, 6) is 0.602. The summed E-state index contributed by atoms with van der Waals surface area (Å²) in [6, 6.07) is 10.6. The van der Waals surface area contributed by atoms with Crippen LogP contribution >= 0.6 is 0 Å². The SMILES string of the molecule is Nc1cn(CCCc2ccccc2)nc1C1CCCC1. The van der Waals surface area contributed by atoms with Crippen molar-refractivity contribution in [1.29, 1.82) is 0 Å². The van der Waals surface area contributed by atoms with E-state index in [0.29, 0.717) is 5.92 Å². The second-order valence-corrected chi connectivity index (χ2v) is 5.80. The van der Waals surface area contributed by atoms with Crippen molar-refractivity contribution in [3.8, 4) is 0 Å². The van der Waals surface area contributed by atoms with Gasteiger partial charge in [-0.15, -0.1) is 0 Å². The van der Waals surface area contributed by atoms with Gasteiger partial charge in [-0.05, 0) is 31.2 Å². The molecule has 3 rings (SSSR count). The number of nitrogens with zero attached hydrogens (tertiary/aromatic N) is 2. The lowest BCUT2D eigenvalue weighted by molar-refractivity contribution is 0.559.